The zero-order valence-electron chi connectivity index (χ0n) is 18.4. The van der Waals surface area contributed by atoms with Gasteiger partial charge in [-0.2, -0.15) is 9.61 Å². The molecule has 3 heterocycles. The van der Waals surface area contributed by atoms with Crippen molar-refractivity contribution in [3.8, 4) is 28.4 Å². The Bertz CT molecular complexity index is 1510. The zero-order chi connectivity index (χ0) is 24.4. The third-order valence-corrected chi connectivity index (χ3v) is 5.75. The first-order valence-corrected chi connectivity index (χ1v) is 11.4. The molecule has 8 nitrogen and oxygen atoms in total. The highest BCUT2D eigenvalue weighted by Crippen LogP contribution is 2.28. The number of amides is 1. The molecule has 0 spiro atoms. The van der Waals surface area contributed by atoms with E-state index in [0.717, 1.165) is 16.8 Å². The number of ether oxygens (including phenoxy) is 1. The molecule has 1 atom stereocenters. The van der Waals surface area contributed by atoms with Crippen molar-refractivity contribution in [1.29, 1.82) is 0 Å². The number of nitrogens with one attached hydrogen (secondary N) is 1. The lowest BCUT2D eigenvalue weighted by atomic mass is 10.1. The number of anilines is 1. The van der Waals surface area contributed by atoms with E-state index in [9.17, 15) is 4.79 Å². The number of halogens is 2. The van der Waals surface area contributed by atoms with Crippen LogP contribution >= 0.6 is 23.2 Å². The number of hydrogen-bond donors (Lipinski definition) is 1. The monoisotopic (exact) mass is 504 g/mol. The smallest absolute Gasteiger partial charge is 0.265 e. The van der Waals surface area contributed by atoms with E-state index in [1.54, 1.807) is 54.2 Å². The summed E-state index contributed by atoms with van der Waals surface area (Å²) in [4.78, 5) is 16.6. The van der Waals surface area contributed by atoms with Crippen LogP contribution in [0.3, 0.4) is 0 Å². The van der Waals surface area contributed by atoms with Gasteiger partial charge in [-0.3, -0.25) is 9.78 Å². The maximum absolute atomic E-state index is 12.6. The molecule has 0 aliphatic carbocycles. The lowest BCUT2D eigenvalue weighted by Gasteiger charge is -2.16. The predicted molar refractivity (Wildman–Crippen MR) is 135 cm³/mol. The first kappa shape index (κ1) is 22.8. The van der Waals surface area contributed by atoms with Crippen LogP contribution in [-0.4, -0.2) is 36.8 Å². The molecular weight excluding hydrogens is 487 g/mol. The van der Waals surface area contributed by atoms with Gasteiger partial charge in [0, 0.05) is 34.2 Å². The summed E-state index contributed by atoms with van der Waals surface area (Å²) in [5.74, 6) is 0.702. The van der Waals surface area contributed by atoms with Crippen LogP contribution in [0.4, 0.5) is 5.69 Å². The first-order chi connectivity index (χ1) is 17.0. The van der Waals surface area contributed by atoms with E-state index in [0.29, 0.717) is 33.0 Å². The van der Waals surface area contributed by atoms with Crippen molar-refractivity contribution in [1.82, 2.24) is 24.8 Å². The number of carbonyl (C=O) groups is 1. The number of benzene rings is 2. The lowest BCUT2D eigenvalue weighted by molar-refractivity contribution is -0.122. The minimum atomic E-state index is -0.766. The second-order valence-electron chi connectivity index (χ2n) is 7.65. The van der Waals surface area contributed by atoms with Crippen molar-refractivity contribution < 1.29 is 9.53 Å². The molecule has 174 valence electrons. The molecule has 1 amide bonds. The number of nitrogens with zero attached hydrogens (tertiary/aromatic N) is 5. The summed E-state index contributed by atoms with van der Waals surface area (Å²) in [5, 5.41) is 16.8. The number of pyridine rings is 1. The molecule has 0 fully saturated rings. The average Bonchev–Trinajstić information content (AvgIpc) is 3.30. The summed E-state index contributed by atoms with van der Waals surface area (Å²) in [6, 6.07) is 19.6. The quantitative estimate of drug-likeness (QED) is 0.325. The van der Waals surface area contributed by atoms with Crippen molar-refractivity contribution >= 4 is 40.4 Å². The number of hydrogen-bond acceptors (Lipinski definition) is 6. The van der Waals surface area contributed by atoms with E-state index in [1.807, 2.05) is 36.4 Å². The van der Waals surface area contributed by atoms with Crippen LogP contribution in [0.25, 0.3) is 28.3 Å². The number of carbonyl (C=O) groups excluding carboxylic acids is 1. The summed E-state index contributed by atoms with van der Waals surface area (Å²) in [5.41, 5.74) is 3.74. The standard InChI is InChI=1S/C25H18Cl2N6O2/c1-15(35-22-8-4-18(26)14-20(22)27)25(34)29-19-5-2-16(3-6-19)21-7-9-23-30-31-24(33(23)32-21)17-10-12-28-13-11-17/h2-15H,1H3,(H,29,34). The minimum Gasteiger partial charge on any atom is -0.479 e. The topological polar surface area (TPSA) is 94.3 Å². The van der Waals surface area contributed by atoms with E-state index >= 15 is 0 Å². The molecule has 1 N–H and O–H groups in total. The molecular formula is C25H18Cl2N6O2. The van der Waals surface area contributed by atoms with E-state index in [-0.39, 0.29) is 5.91 Å². The molecule has 0 saturated carbocycles. The molecule has 0 aliphatic heterocycles. The predicted octanol–water partition coefficient (Wildman–Crippen LogP) is 5.57. The van der Waals surface area contributed by atoms with E-state index in [2.05, 4.69) is 20.5 Å². The fourth-order valence-electron chi connectivity index (χ4n) is 3.41. The Kier molecular flexibility index (Phi) is 6.31. The van der Waals surface area contributed by atoms with E-state index in [4.69, 9.17) is 33.0 Å². The SMILES string of the molecule is CC(Oc1ccc(Cl)cc1Cl)C(=O)Nc1ccc(-c2ccc3nnc(-c4ccncc4)n3n2)cc1. The van der Waals surface area contributed by atoms with Crippen LogP contribution in [0.5, 0.6) is 5.75 Å². The molecule has 0 aliphatic rings. The molecule has 3 aromatic heterocycles. The highest BCUT2D eigenvalue weighted by Gasteiger charge is 2.17. The van der Waals surface area contributed by atoms with Crippen molar-refractivity contribution in [2.24, 2.45) is 0 Å². The Labute approximate surface area is 210 Å². The molecule has 0 radical (unpaired) electrons. The Balaban J connectivity index is 1.31. The maximum Gasteiger partial charge on any atom is 0.265 e. The zero-order valence-corrected chi connectivity index (χ0v) is 19.9. The summed E-state index contributed by atoms with van der Waals surface area (Å²) < 4.78 is 7.37. The molecule has 5 aromatic rings. The summed E-state index contributed by atoms with van der Waals surface area (Å²) in [6.07, 6.45) is 2.63. The summed E-state index contributed by atoms with van der Waals surface area (Å²) >= 11 is 12.0. The van der Waals surface area contributed by atoms with Gasteiger partial charge in [0.25, 0.3) is 5.91 Å². The Hall–Kier alpha value is -4.01. The number of rotatable bonds is 6. The van der Waals surface area contributed by atoms with Gasteiger partial charge in [-0.15, -0.1) is 10.2 Å². The molecule has 5 rings (SSSR count). The summed E-state index contributed by atoms with van der Waals surface area (Å²) in [7, 11) is 0. The van der Waals surface area contributed by atoms with Gasteiger partial charge in [0.15, 0.2) is 17.6 Å². The van der Waals surface area contributed by atoms with E-state index in [1.165, 1.54) is 0 Å². The van der Waals surface area contributed by atoms with Gasteiger partial charge in [-0.1, -0.05) is 35.3 Å². The van der Waals surface area contributed by atoms with Crippen LogP contribution in [0.2, 0.25) is 10.0 Å². The molecule has 1 unspecified atom stereocenters. The molecule has 0 bridgehead atoms. The molecule has 10 heteroatoms. The van der Waals surface area contributed by atoms with Crippen LogP contribution in [-0.2, 0) is 4.79 Å². The second-order valence-corrected chi connectivity index (χ2v) is 8.49. The van der Waals surface area contributed by atoms with Gasteiger partial charge in [0.1, 0.15) is 5.75 Å². The van der Waals surface area contributed by atoms with Gasteiger partial charge in [-0.05, 0) is 61.5 Å². The van der Waals surface area contributed by atoms with Crippen LogP contribution in [0, 0.1) is 0 Å². The highest BCUT2D eigenvalue weighted by molar-refractivity contribution is 6.35. The van der Waals surface area contributed by atoms with Gasteiger partial charge in [0.2, 0.25) is 0 Å². The lowest BCUT2D eigenvalue weighted by Crippen LogP contribution is -2.30. The Morgan fingerprint density at radius 1 is 0.943 bits per heavy atom. The largest absolute Gasteiger partial charge is 0.479 e. The highest BCUT2D eigenvalue weighted by atomic mass is 35.5. The maximum atomic E-state index is 12.6. The van der Waals surface area contributed by atoms with Gasteiger partial charge in [0.05, 0.1) is 10.7 Å². The number of aromatic nitrogens is 5. The van der Waals surface area contributed by atoms with Crippen molar-refractivity contribution in [2.75, 3.05) is 5.32 Å². The molecule has 0 saturated heterocycles. The van der Waals surface area contributed by atoms with Gasteiger partial charge in [-0.25, -0.2) is 0 Å². The third-order valence-electron chi connectivity index (χ3n) is 5.22. The molecule has 35 heavy (non-hydrogen) atoms. The Morgan fingerprint density at radius 3 is 2.46 bits per heavy atom. The average molecular weight is 505 g/mol. The summed E-state index contributed by atoms with van der Waals surface area (Å²) in [6.45, 7) is 1.65. The van der Waals surface area contributed by atoms with Crippen molar-refractivity contribution in [3.63, 3.8) is 0 Å². The van der Waals surface area contributed by atoms with Crippen molar-refractivity contribution in [2.45, 2.75) is 13.0 Å². The van der Waals surface area contributed by atoms with Crippen LogP contribution < -0.4 is 10.1 Å². The Morgan fingerprint density at radius 2 is 1.71 bits per heavy atom. The van der Waals surface area contributed by atoms with Gasteiger partial charge < -0.3 is 10.1 Å². The second kappa shape index (κ2) is 9.69. The normalized spacial score (nSPS) is 11.9. The van der Waals surface area contributed by atoms with Crippen LogP contribution in [0.1, 0.15) is 6.92 Å². The van der Waals surface area contributed by atoms with E-state index < -0.39 is 6.10 Å². The van der Waals surface area contributed by atoms with Crippen LogP contribution in [0.15, 0.2) is 79.1 Å². The van der Waals surface area contributed by atoms with Gasteiger partial charge >= 0.3 is 0 Å². The van der Waals surface area contributed by atoms with Crippen molar-refractivity contribution in [3.05, 3.63) is 89.2 Å². The first-order valence-electron chi connectivity index (χ1n) is 10.6. The number of fused-ring (bicyclic) bond motifs is 1. The minimum absolute atomic E-state index is 0.310. The third kappa shape index (κ3) is 4.94. The fourth-order valence-corrected chi connectivity index (χ4v) is 3.86. The molecule has 2 aromatic carbocycles. The fraction of sp³-hybridized carbons (Fsp3) is 0.0800.